The molecule has 0 aliphatic heterocycles. The van der Waals surface area contributed by atoms with Gasteiger partial charge in [0.25, 0.3) is 0 Å². The molecular weight excluding hydrogens is 342 g/mol. The molecule has 0 amide bonds. The van der Waals surface area contributed by atoms with Gasteiger partial charge in [0.1, 0.15) is 6.61 Å². The fourth-order valence-electron chi connectivity index (χ4n) is 2.21. The van der Waals surface area contributed by atoms with Gasteiger partial charge in [-0.05, 0) is 23.3 Å². The maximum Gasteiger partial charge on any atom is 0.339 e. The molecule has 0 saturated carbocycles. The normalized spacial score (nSPS) is 13.9. The van der Waals surface area contributed by atoms with Gasteiger partial charge in [0, 0.05) is 0 Å². The van der Waals surface area contributed by atoms with E-state index in [0.717, 1.165) is 0 Å². The highest BCUT2D eigenvalue weighted by molar-refractivity contribution is 7.91. The molecule has 2 rings (SSSR count). The third-order valence-corrected chi connectivity index (χ3v) is 5.54. The van der Waals surface area contributed by atoms with Crippen LogP contribution in [0.5, 0.6) is 0 Å². The van der Waals surface area contributed by atoms with Crippen molar-refractivity contribution < 1.29 is 23.1 Å². The number of hydrogen-bond donors (Lipinski definition) is 2. The number of carbonyl (C=O) groups excluding carboxylic acids is 1. The van der Waals surface area contributed by atoms with E-state index < -0.39 is 28.0 Å². The predicted molar refractivity (Wildman–Crippen MR) is 93.5 cm³/mol. The fourth-order valence-corrected chi connectivity index (χ4v) is 3.09. The number of esters is 1. The minimum atomic E-state index is -3.27. The van der Waals surface area contributed by atoms with Gasteiger partial charge in [0.15, 0.2) is 15.9 Å². The molecule has 2 aromatic carbocycles. The monoisotopic (exact) mass is 363 g/mol. The third-order valence-electron chi connectivity index (χ3n) is 3.79. The van der Waals surface area contributed by atoms with Gasteiger partial charge in [-0.3, -0.25) is 0 Å². The molecule has 0 aliphatic rings. The molecule has 6 nitrogen and oxygen atoms in total. The van der Waals surface area contributed by atoms with Gasteiger partial charge in [-0.25, -0.2) is 13.2 Å². The smallest absolute Gasteiger partial charge is 0.339 e. The first-order chi connectivity index (χ1) is 11.8. The highest BCUT2D eigenvalue weighted by atomic mass is 32.2. The number of nitrogens with two attached hydrogens (primary N) is 1. The Bertz CT molecular complexity index is 803. The van der Waals surface area contributed by atoms with Crippen LogP contribution in [0.15, 0.2) is 59.5 Å². The molecule has 7 heteroatoms. The first-order valence-electron chi connectivity index (χ1n) is 7.83. The van der Waals surface area contributed by atoms with Crippen molar-refractivity contribution in [2.75, 3.05) is 12.4 Å². The van der Waals surface area contributed by atoms with E-state index in [1.54, 1.807) is 49.4 Å². The van der Waals surface area contributed by atoms with E-state index in [1.165, 1.54) is 12.1 Å². The molecule has 0 aromatic heterocycles. The molecule has 0 spiro atoms. The second kappa shape index (κ2) is 8.24. The molecule has 0 bridgehead atoms. The Labute approximate surface area is 147 Å². The molecule has 25 heavy (non-hydrogen) atoms. The summed E-state index contributed by atoms with van der Waals surface area (Å²) in [6.45, 7) is 1.45. The fraction of sp³-hybridized carbons (Fsp3) is 0.278. The number of rotatable bonds is 7. The molecule has 2 aromatic rings. The van der Waals surface area contributed by atoms with Crippen molar-refractivity contribution in [3.63, 3.8) is 0 Å². The Kier molecular flexibility index (Phi) is 6.30. The van der Waals surface area contributed by atoms with Gasteiger partial charge in [-0.15, -0.1) is 0 Å². The summed E-state index contributed by atoms with van der Waals surface area (Å²) < 4.78 is 28.6. The number of ether oxygens (including phenoxy) is 1. The van der Waals surface area contributed by atoms with Gasteiger partial charge in [-0.1, -0.05) is 49.4 Å². The Balaban J connectivity index is 1.96. The van der Waals surface area contributed by atoms with E-state index in [9.17, 15) is 18.3 Å². The average Bonchev–Trinajstić information content (AvgIpc) is 2.66. The largest absolute Gasteiger partial charge is 0.461 e. The zero-order valence-corrected chi connectivity index (χ0v) is 14.6. The van der Waals surface area contributed by atoms with Crippen LogP contribution >= 0.6 is 0 Å². The number of aliphatic hydroxyl groups excluding tert-OH is 1. The highest BCUT2D eigenvalue weighted by Crippen LogP contribution is 2.18. The molecule has 0 saturated heterocycles. The highest BCUT2D eigenvalue weighted by Gasteiger charge is 2.20. The molecular formula is C18H21NO5S. The lowest BCUT2D eigenvalue weighted by Crippen LogP contribution is -2.23. The lowest BCUT2D eigenvalue weighted by Gasteiger charge is -2.15. The van der Waals surface area contributed by atoms with Gasteiger partial charge >= 0.3 is 5.97 Å². The van der Waals surface area contributed by atoms with Crippen molar-refractivity contribution in [2.45, 2.75) is 24.0 Å². The van der Waals surface area contributed by atoms with Crippen LogP contribution < -0.4 is 5.73 Å². The van der Waals surface area contributed by atoms with Crippen molar-refractivity contribution in [3.8, 4) is 0 Å². The average molecular weight is 363 g/mol. The topological polar surface area (TPSA) is 107 Å². The summed E-state index contributed by atoms with van der Waals surface area (Å²) in [5.74, 6) is -0.764. The summed E-state index contributed by atoms with van der Waals surface area (Å²) in [5.41, 5.74) is 7.04. The maximum absolute atomic E-state index is 11.9. The van der Waals surface area contributed by atoms with E-state index >= 15 is 0 Å². The molecule has 0 aliphatic carbocycles. The van der Waals surface area contributed by atoms with Gasteiger partial charge in [0.2, 0.25) is 0 Å². The van der Waals surface area contributed by atoms with Crippen LogP contribution in [0.4, 0.5) is 0 Å². The number of aliphatic hydroxyl groups is 1. The van der Waals surface area contributed by atoms with Crippen LogP contribution in [-0.4, -0.2) is 31.9 Å². The third kappa shape index (κ3) is 4.88. The first kappa shape index (κ1) is 19.1. The van der Waals surface area contributed by atoms with Crippen LogP contribution in [0, 0.1) is 0 Å². The van der Waals surface area contributed by atoms with E-state index in [-0.39, 0.29) is 17.3 Å². The van der Waals surface area contributed by atoms with Crippen LogP contribution in [0.2, 0.25) is 0 Å². The summed E-state index contributed by atoms with van der Waals surface area (Å²) in [5, 5.41) is 9.94. The SMILES string of the molecule is CCS(=O)(=O)c1ccc(C(N)COC(=O)C(O)c2ccccc2)cc1. The quantitative estimate of drug-likeness (QED) is 0.726. The van der Waals surface area contributed by atoms with Gasteiger partial charge < -0.3 is 15.6 Å². The van der Waals surface area contributed by atoms with Crippen molar-refractivity contribution >= 4 is 15.8 Å². The maximum atomic E-state index is 11.9. The molecule has 2 atom stereocenters. The van der Waals surface area contributed by atoms with Crippen molar-refractivity contribution in [2.24, 2.45) is 5.73 Å². The van der Waals surface area contributed by atoms with Crippen molar-refractivity contribution in [1.29, 1.82) is 0 Å². The first-order valence-corrected chi connectivity index (χ1v) is 9.48. The second-order valence-corrected chi connectivity index (χ2v) is 7.80. The van der Waals surface area contributed by atoms with E-state index in [2.05, 4.69) is 0 Å². The standard InChI is InChI=1S/C18H21NO5S/c1-2-25(22,23)15-10-8-13(9-11-15)16(19)12-24-18(21)17(20)14-6-4-3-5-7-14/h3-11,16-17,20H,2,12,19H2,1H3. The molecule has 0 radical (unpaired) electrons. The molecule has 2 unspecified atom stereocenters. The Morgan fingerprint density at radius 3 is 2.24 bits per heavy atom. The zero-order valence-electron chi connectivity index (χ0n) is 13.8. The number of sulfone groups is 1. The minimum Gasteiger partial charge on any atom is -0.461 e. The minimum absolute atomic E-state index is 0.0212. The predicted octanol–water partition coefficient (Wildman–Crippen LogP) is 1.76. The van der Waals surface area contributed by atoms with E-state index in [0.29, 0.717) is 11.1 Å². The van der Waals surface area contributed by atoms with Crippen molar-refractivity contribution in [3.05, 3.63) is 65.7 Å². The van der Waals surface area contributed by atoms with Crippen LogP contribution in [0.25, 0.3) is 0 Å². The Hall–Kier alpha value is -2.22. The summed E-state index contributed by atoms with van der Waals surface area (Å²) in [7, 11) is -3.27. The summed E-state index contributed by atoms with van der Waals surface area (Å²) >= 11 is 0. The Morgan fingerprint density at radius 1 is 1.08 bits per heavy atom. The Morgan fingerprint density at radius 2 is 1.68 bits per heavy atom. The molecule has 3 N–H and O–H groups in total. The summed E-state index contributed by atoms with van der Waals surface area (Å²) in [6.07, 6.45) is -1.37. The summed E-state index contributed by atoms with van der Waals surface area (Å²) in [6, 6.07) is 14.0. The van der Waals surface area contributed by atoms with E-state index in [1.807, 2.05) is 0 Å². The van der Waals surface area contributed by atoms with E-state index in [4.69, 9.17) is 10.5 Å². The van der Waals surface area contributed by atoms with Crippen molar-refractivity contribution in [1.82, 2.24) is 0 Å². The second-order valence-electron chi connectivity index (χ2n) is 5.52. The van der Waals surface area contributed by atoms with Gasteiger partial charge in [0.05, 0.1) is 16.7 Å². The molecule has 0 fully saturated rings. The number of carbonyl (C=O) groups is 1. The number of benzene rings is 2. The summed E-state index contributed by atoms with van der Waals surface area (Å²) in [4.78, 5) is 12.1. The lowest BCUT2D eigenvalue weighted by molar-refractivity contribution is -0.154. The molecule has 0 heterocycles. The van der Waals surface area contributed by atoms with Crippen LogP contribution in [0.1, 0.15) is 30.2 Å². The van der Waals surface area contributed by atoms with Crippen LogP contribution in [-0.2, 0) is 19.4 Å². The zero-order chi connectivity index (χ0) is 18.4. The molecule has 134 valence electrons. The lowest BCUT2D eigenvalue weighted by atomic mass is 10.1. The number of hydrogen-bond acceptors (Lipinski definition) is 6. The van der Waals surface area contributed by atoms with Gasteiger partial charge in [-0.2, -0.15) is 0 Å². The van der Waals surface area contributed by atoms with Crippen LogP contribution in [0.3, 0.4) is 0 Å².